The first-order valence-electron chi connectivity index (χ1n) is 8.78. The van der Waals surface area contributed by atoms with E-state index >= 15 is 0 Å². The first-order valence-corrected chi connectivity index (χ1v) is 8.78. The van der Waals surface area contributed by atoms with Gasteiger partial charge in [0.1, 0.15) is 0 Å². The van der Waals surface area contributed by atoms with Crippen molar-refractivity contribution in [1.29, 1.82) is 0 Å². The van der Waals surface area contributed by atoms with Crippen LogP contribution in [0.4, 0.5) is 23.7 Å². The Morgan fingerprint density at radius 3 is 2.37 bits per heavy atom. The van der Waals surface area contributed by atoms with E-state index in [2.05, 4.69) is 10.6 Å². The first-order chi connectivity index (χ1) is 12.7. The second-order valence-corrected chi connectivity index (χ2v) is 7.03. The van der Waals surface area contributed by atoms with Crippen LogP contribution >= 0.6 is 0 Å². The van der Waals surface area contributed by atoms with Gasteiger partial charge in [-0.2, -0.15) is 13.2 Å². The summed E-state index contributed by atoms with van der Waals surface area (Å²) in [6.07, 6.45) is -3.04. The number of amides is 3. The lowest BCUT2D eigenvalue weighted by Crippen LogP contribution is -2.43. The highest BCUT2D eigenvalue weighted by Gasteiger charge is 2.51. The van der Waals surface area contributed by atoms with E-state index in [1.165, 1.54) is 12.1 Å². The van der Waals surface area contributed by atoms with Crippen LogP contribution < -0.4 is 10.6 Å². The highest BCUT2D eigenvalue weighted by atomic mass is 19.4. The molecule has 0 saturated carbocycles. The van der Waals surface area contributed by atoms with Crippen LogP contribution in [0.1, 0.15) is 18.4 Å². The summed E-state index contributed by atoms with van der Waals surface area (Å²) in [5, 5.41) is 5.28. The van der Waals surface area contributed by atoms with Crippen molar-refractivity contribution in [3.8, 4) is 0 Å². The zero-order valence-corrected chi connectivity index (χ0v) is 14.9. The zero-order chi connectivity index (χ0) is 19.7. The number of likely N-dealkylation sites (tertiary alicyclic amines) is 1. The minimum Gasteiger partial charge on any atom is -0.381 e. The molecule has 2 fully saturated rings. The van der Waals surface area contributed by atoms with Crippen molar-refractivity contribution in [1.82, 2.24) is 10.2 Å². The van der Waals surface area contributed by atoms with Gasteiger partial charge in [0.05, 0.1) is 11.5 Å². The SMILES string of the molecule is CNC(=O)C1CN(C(=O)Nc2ccc(C(F)(F)F)cc2)CC12CCOCC2. The molecule has 2 saturated heterocycles. The van der Waals surface area contributed by atoms with Gasteiger partial charge in [-0.1, -0.05) is 0 Å². The maximum atomic E-state index is 12.6. The largest absolute Gasteiger partial charge is 0.416 e. The summed E-state index contributed by atoms with van der Waals surface area (Å²) >= 11 is 0. The van der Waals surface area contributed by atoms with Gasteiger partial charge in [-0.3, -0.25) is 4.79 Å². The highest BCUT2D eigenvalue weighted by Crippen LogP contribution is 2.44. The summed E-state index contributed by atoms with van der Waals surface area (Å²) in [5.41, 5.74) is -0.824. The fourth-order valence-corrected chi connectivity index (χ4v) is 3.89. The Kier molecular flexibility index (Phi) is 5.32. The summed E-state index contributed by atoms with van der Waals surface area (Å²) in [6, 6.07) is 3.86. The number of anilines is 1. The molecular weight excluding hydrogens is 363 g/mol. The number of hydrogen-bond donors (Lipinski definition) is 2. The second-order valence-electron chi connectivity index (χ2n) is 7.03. The quantitative estimate of drug-likeness (QED) is 0.822. The van der Waals surface area contributed by atoms with E-state index in [4.69, 9.17) is 4.74 Å². The lowest BCUT2D eigenvalue weighted by atomic mass is 9.72. The van der Waals surface area contributed by atoms with Gasteiger partial charge in [-0.25, -0.2) is 4.79 Å². The van der Waals surface area contributed by atoms with Crippen LogP contribution in [0, 0.1) is 11.3 Å². The predicted octanol–water partition coefficient (Wildman–Crippen LogP) is 2.71. The molecule has 1 spiro atoms. The summed E-state index contributed by atoms with van der Waals surface area (Å²) in [4.78, 5) is 26.5. The lowest BCUT2D eigenvalue weighted by Gasteiger charge is -2.36. The van der Waals surface area contributed by atoms with E-state index in [1.54, 1.807) is 11.9 Å². The standard InChI is InChI=1S/C18H22F3N3O3/c1-22-15(25)14-10-24(11-17(14)6-8-27-9-7-17)16(26)23-13-4-2-12(3-5-13)18(19,20)21/h2-5,14H,6-11H2,1H3,(H,22,25)(H,23,26). The number of carbonyl (C=O) groups is 2. The molecule has 3 rings (SSSR count). The Hall–Kier alpha value is -2.29. The van der Waals surface area contributed by atoms with Crippen molar-refractivity contribution >= 4 is 17.6 Å². The molecule has 0 radical (unpaired) electrons. The molecular formula is C18H22F3N3O3. The van der Waals surface area contributed by atoms with Crippen molar-refractivity contribution in [3.05, 3.63) is 29.8 Å². The molecule has 3 amide bonds. The van der Waals surface area contributed by atoms with Gasteiger partial charge in [-0.05, 0) is 37.1 Å². The number of carbonyl (C=O) groups excluding carboxylic acids is 2. The summed E-state index contributed by atoms with van der Waals surface area (Å²) in [7, 11) is 1.57. The Balaban J connectivity index is 1.70. The number of ether oxygens (including phenoxy) is 1. The molecule has 2 N–H and O–H groups in total. The van der Waals surface area contributed by atoms with Gasteiger partial charge in [0.2, 0.25) is 5.91 Å². The van der Waals surface area contributed by atoms with E-state index in [9.17, 15) is 22.8 Å². The smallest absolute Gasteiger partial charge is 0.381 e. The van der Waals surface area contributed by atoms with Crippen molar-refractivity contribution in [2.24, 2.45) is 11.3 Å². The normalized spacial score (nSPS) is 21.9. The van der Waals surface area contributed by atoms with Crippen LogP contribution in [0.25, 0.3) is 0 Å². The number of benzene rings is 1. The van der Waals surface area contributed by atoms with E-state index in [0.717, 1.165) is 12.1 Å². The summed E-state index contributed by atoms with van der Waals surface area (Å²) < 4.78 is 43.3. The summed E-state index contributed by atoms with van der Waals surface area (Å²) in [6.45, 7) is 1.77. The monoisotopic (exact) mass is 385 g/mol. The number of hydrogen-bond acceptors (Lipinski definition) is 3. The van der Waals surface area contributed by atoms with E-state index in [0.29, 0.717) is 32.6 Å². The van der Waals surface area contributed by atoms with Crippen molar-refractivity contribution in [2.45, 2.75) is 19.0 Å². The average Bonchev–Trinajstić information content (AvgIpc) is 3.00. The molecule has 27 heavy (non-hydrogen) atoms. The molecule has 2 heterocycles. The lowest BCUT2D eigenvalue weighted by molar-refractivity contribution is -0.137. The van der Waals surface area contributed by atoms with Crippen LogP contribution in [0.5, 0.6) is 0 Å². The minimum atomic E-state index is -4.42. The third kappa shape index (κ3) is 4.02. The van der Waals surface area contributed by atoms with Crippen molar-refractivity contribution < 1.29 is 27.5 Å². The number of urea groups is 1. The minimum absolute atomic E-state index is 0.110. The van der Waals surface area contributed by atoms with E-state index in [1.807, 2.05) is 0 Å². The molecule has 1 atom stereocenters. The van der Waals surface area contributed by atoms with Crippen LogP contribution in [0.15, 0.2) is 24.3 Å². The molecule has 1 aromatic rings. The van der Waals surface area contributed by atoms with Gasteiger partial charge in [0, 0.05) is 44.5 Å². The fourth-order valence-electron chi connectivity index (χ4n) is 3.89. The fraction of sp³-hybridized carbons (Fsp3) is 0.556. The Labute approximate surface area is 155 Å². The predicted molar refractivity (Wildman–Crippen MR) is 92.1 cm³/mol. The molecule has 1 aromatic carbocycles. The summed E-state index contributed by atoms with van der Waals surface area (Å²) in [5.74, 6) is -0.438. The van der Waals surface area contributed by atoms with E-state index < -0.39 is 17.8 Å². The number of rotatable bonds is 2. The molecule has 1 unspecified atom stereocenters. The van der Waals surface area contributed by atoms with Gasteiger partial charge in [0.25, 0.3) is 0 Å². The molecule has 0 aliphatic carbocycles. The number of alkyl halides is 3. The van der Waals surface area contributed by atoms with Crippen molar-refractivity contribution in [3.63, 3.8) is 0 Å². The van der Waals surface area contributed by atoms with Crippen LogP contribution in [0.2, 0.25) is 0 Å². The number of nitrogens with one attached hydrogen (secondary N) is 2. The Morgan fingerprint density at radius 1 is 1.19 bits per heavy atom. The molecule has 2 aliphatic heterocycles. The third-order valence-electron chi connectivity index (χ3n) is 5.45. The maximum absolute atomic E-state index is 12.6. The van der Waals surface area contributed by atoms with Crippen LogP contribution in [-0.4, -0.2) is 50.2 Å². The Bertz CT molecular complexity index is 700. The molecule has 0 aromatic heterocycles. The number of nitrogens with zero attached hydrogens (tertiary/aromatic N) is 1. The topological polar surface area (TPSA) is 70.7 Å². The number of halogens is 3. The van der Waals surface area contributed by atoms with Crippen LogP contribution in [-0.2, 0) is 15.7 Å². The van der Waals surface area contributed by atoms with Crippen LogP contribution in [0.3, 0.4) is 0 Å². The van der Waals surface area contributed by atoms with Gasteiger partial charge >= 0.3 is 12.2 Å². The molecule has 2 aliphatic rings. The average molecular weight is 385 g/mol. The zero-order valence-electron chi connectivity index (χ0n) is 14.9. The highest BCUT2D eigenvalue weighted by molar-refractivity contribution is 5.90. The van der Waals surface area contributed by atoms with Gasteiger partial charge in [-0.15, -0.1) is 0 Å². The van der Waals surface area contributed by atoms with E-state index in [-0.39, 0.29) is 29.5 Å². The van der Waals surface area contributed by atoms with Gasteiger partial charge in [0.15, 0.2) is 0 Å². The second kappa shape index (κ2) is 7.38. The molecule has 9 heteroatoms. The first kappa shape index (κ1) is 19.5. The third-order valence-corrected chi connectivity index (χ3v) is 5.45. The van der Waals surface area contributed by atoms with Gasteiger partial charge < -0.3 is 20.3 Å². The maximum Gasteiger partial charge on any atom is 0.416 e. The molecule has 6 nitrogen and oxygen atoms in total. The Morgan fingerprint density at radius 2 is 1.81 bits per heavy atom. The molecule has 148 valence electrons. The molecule has 0 bridgehead atoms. The van der Waals surface area contributed by atoms with Crippen molar-refractivity contribution in [2.75, 3.05) is 38.7 Å².